The molecule has 0 radical (unpaired) electrons. The summed E-state index contributed by atoms with van der Waals surface area (Å²) in [5.74, 6) is 0.678. The first-order valence-corrected chi connectivity index (χ1v) is 9.70. The van der Waals surface area contributed by atoms with Crippen LogP contribution in [-0.4, -0.2) is 25.1 Å². The van der Waals surface area contributed by atoms with E-state index in [0.717, 1.165) is 11.1 Å². The zero-order valence-corrected chi connectivity index (χ0v) is 16.5. The van der Waals surface area contributed by atoms with Crippen molar-refractivity contribution in [3.63, 3.8) is 0 Å². The summed E-state index contributed by atoms with van der Waals surface area (Å²) in [6.45, 7) is 1.85. The molecule has 0 bridgehead atoms. The van der Waals surface area contributed by atoms with Crippen LogP contribution in [0.15, 0.2) is 72.8 Å². The number of para-hydroxylation sites is 2. The van der Waals surface area contributed by atoms with Crippen molar-refractivity contribution in [1.29, 1.82) is 0 Å². The Labute approximate surface area is 174 Å². The summed E-state index contributed by atoms with van der Waals surface area (Å²) < 4.78 is 16.3. The number of rotatable bonds is 6. The van der Waals surface area contributed by atoms with Gasteiger partial charge in [0.15, 0.2) is 6.61 Å². The molecule has 0 fully saturated rings. The predicted octanol–water partition coefficient (Wildman–Crippen LogP) is 4.50. The van der Waals surface area contributed by atoms with Gasteiger partial charge >= 0.3 is 5.97 Å². The molecular formula is C24H21NO5. The van der Waals surface area contributed by atoms with Gasteiger partial charge in [-0.3, -0.25) is 4.79 Å². The number of anilines is 1. The minimum atomic E-state index is -0.504. The van der Waals surface area contributed by atoms with E-state index in [-0.39, 0.29) is 12.5 Å². The number of carbonyl (C=O) groups is 2. The van der Waals surface area contributed by atoms with Gasteiger partial charge in [-0.2, -0.15) is 0 Å². The average molecular weight is 403 g/mol. The molecule has 0 atom stereocenters. The zero-order valence-electron chi connectivity index (χ0n) is 16.5. The minimum Gasteiger partial charge on any atom is -0.482 e. The third-order valence-electron chi connectivity index (χ3n) is 4.71. The standard InChI is InChI=1S/C24H21NO5/c1-2-28-22(26)15-29-17-9-7-8-16(14-17)25-24(27)23-18-10-3-5-12-20(18)30-21-13-6-4-11-19(21)23/h3-14,23H,2,15H2,1H3,(H,25,27). The molecule has 4 rings (SSSR count). The van der Waals surface area contributed by atoms with Crippen molar-refractivity contribution in [2.45, 2.75) is 12.8 Å². The molecule has 30 heavy (non-hydrogen) atoms. The second-order valence-corrected chi connectivity index (χ2v) is 6.72. The van der Waals surface area contributed by atoms with Crippen molar-refractivity contribution in [3.05, 3.63) is 83.9 Å². The quantitative estimate of drug-likeness (QED) is 0.613. The van der Waals surface area contributed by atoms with Gasteiger partial charge in [0.1, 0.15) is 17.2 Å². The molecule has 6 nitrogen and oxygen atoms in total. The molecule has 0 aliphatic carbocycles. The Morgan fingerprint density at radius 1 is 0.933 bits per heavy atom. The third-order valence-corrected chi connectivity index (χ3v) is 4.71. The molecule has 152 valence electrons. The van der Waals surface area contributed by atoms with Gasteiger partial charge in [-0.05, 0) is 31.2 Å². The molecule has 3 aromatic rings. The van der Waals surface area contributed by atoms with Crippen LogP contribution in [0, 0.1) is 0 Å². The lowest BCUT2D eigenvalue weighted by molar-refractivity contribution is -0.145. The number of fused-ring (bicyclic) bond motifs is 2. The first kappa shape index (κ1) is 19.5. The predicted molar refractivity (Wildman–Crippen MR) is 112 cm³/mol. The number of hydrogen-bond donors (Lipinski definition) is 1. The number of carbonyl (C=O) groups excluding carboxylic acids is 2. The Bertz CT molecular complexity index is 1030. The highest BCUT2D eigenvalue weighted by atomic mass is 16.6. The van der Waals surface area contributed by atoms with Gasteiger partial charge in [-0.15, -0.1) is 0 Å². The molecular weight excluding hydrogens is 382 g/mol. The van der Waals surface area contributed by atoms with E-state index >= 15 is 0 Å². The van der Waals surface area contributed by atoms with E-state index in [0.29, 0.717) is 29.5 Å². The summed E-state index contributed by atoms with van der Waals surface area (Å²) in [4.78, 5) is 24.8. The Morgan fingerprint density at radius 3 is 2.27 bits per heavy atom. The van der Waals surface area contributed by atoms with Crippen LogP contribution in [-0.2, 0) is 14.3 Å². The van der Waals surface area contributed by atoms with E-state index in [1.54, 1.807) is 31.2 Å². The third kappa shape index (κ3) is 4.12. The lowest BCUT2D eigenvalue weighted by atomic mass is 9.87. The molecule has 6 heteroatoms. The van der Waals surface area contributed by atoms with E-state index < -0.39 is 11.9 Å². The number of ether oxygens (including phenoxy) is 3. The van der Waals surface area contributed by atoms with Gasteiger partial charge in [0.25, 0.3) is 0 Å². The summed E-state index contributed by atoms with van der Waals surface area (Å²) in [5, 5.41) is 2.96. The molecule has 0 aromatic heterocycles. The fourth-order valence-electron chi connectivity index (χ4n) is 3.42. The summed E-state index contributed by atoms with van der Waals surface area (Å²) >= 11 is 0. The highest BCUT2D eigenvalue weighted by Gasteiger charge is 2.32. The molecule has 0 unspecified atom stereocenters. The highest BCUT2D eigenvalue weighted by molar-refractivity contribution is 5.99. The number of benzene rings is 3. The Hall–Kier alpha value is -3.80. The lowest BCUT2D eigenvalue weighted by Gasteiger charge is -2.27. The van der Waals surface area contributed by atoms with Crippen molar-refractivity contribution in [1.82, 2.24) is 0 Å². The van der Waals surface area contributed by atoms with Crippen LogP contribution in [0.25, 0.3) is 0 Å². The topological polar surface area (TPSA) is 73.9 Å². The van der Waals surface area contributed by atoms with Crippen LogP contribution in [0.1, 0.15) is 24.0 Å². The van der Waals surface area contributed by atoms with Crippen LogP contribution >= 0.6 is 0 Å². The van der Waals surface area contributed by atoms with Crippen molar-refractivity contribution < 1.29 is 23.8 Å². The second kappa shape index (κ2) is 8.69. The molecule has 1 N–H and O–H groups in total. The van der Waals surface area contributed by atoms with Crippen LogP contribution in [0.5, 0.6) is 17.2 Å². The van der Waals surface area contributed by atoms with Crippen molar-refractivity contribution in [2.24, 2.45) is 0 Å². The maximum absolute atomic E-state index is 13.3. The molecule has 0 saturated carbocycles. The average Bonchev–Trinajstić information content (AvgIpc) is 2.76. The van der Waals surface area contributed by atoms with E-state index in [1.807, 2.05) is 48.5 Å². The SMILES string of the molecule is CCOC(=O)COc1cccc(NC(=O)C2c3ccccc3Oc3ccccc32)c1. The summed E-state index contributed by atoms with van der Waals surface area (Å²) in [6, 6.07) is 22.0. The van der Waals surface area contributed by atoms with Crippen molar-refractivity contribution in [2.75, 3.05) is 18.5 Å². The van der Waals surface area contributed by atoms with E-state index in [1.165, 1.54) is 0 Å². The minimum absolute atomic E-state index is 0.180. The normalized spacial score (nSPS) is 12.2. The lowest BCUT2D eigenvalue weighted by Crippen LogP contribution is -2.25. The van der Waals surface area contributed by atoms with Gasteiger partial charge in [-0.1, -0.05) is 42.5 Å². The molecule has 3 aromatic carbocycles. The Morgan fingerprint density at radius 2 is 1.60 bits per heavy atom. The number of esters is 1. The Balaban J connectivity index is 1.55. The number of amides is 1. The van der Waals surface area contributed by atoms with Crippen molar-refractivity contribution in [3.8, 4) is 17.2 Å². The van der Waals surface area contributed by atoms with Gasteiger partial charge in [0.05, 0.1) is 12.5 Å². The summed E-state index contributed by atoms with van der Waals surface area (Å²) in [7, 11) is 0. The van der Waals surface area contributed by atoms with Crippen LogP contribution in [0.3, 0.4) is 0 Å². The van der Waals surface area contributed by atoms with E-state index in [9.17, 15) is 9.59 Å². The summed E-state index contributed by atoms with van der Waals surface area (Å²) in [6.07, 6.45) is 0. The fraction of sp³-hybridized carbons (Fsp3) is 0.167. The molecule has 1 aliphatic rings. The molecule has 0 saturated heterocycles. The van der Waals surface area contributed by atoms with E-state index in [2.05, 4.69) is 5.32 Å². The van der Waals surface area contributed by atoms with Crippen molar-refractivity contribution >= 4 is 17.6 Å². The zero-order chi connectivity index (χ0) is 20.9. The monoisotopic (exact) mass is 403 g/mol. The van der Waals surface area contributed by atoms with Gasteiger partial charge in [0, 0.05) is 22.9 Å². The maximum atomic E-state index is 13.3. The summed E-state index contributed by atoms with van der Waals surface area (Å²) in [5.41, 5.74) is 2.19. The maximum Gasteiger partial charge on any atom is 0.344 e. The molecule has 1 heterocycles. The number of hydrogen-bond acceptors (Lipinski definition) is 5. The number of nitrogens with one attached hydrogen (secondary N) is 1. The van der Waals surface area contributed by atoms with Crippen LogP contribution in [0.2, 0.25) is 0 Å². The Kier molecular flexibility index (Phi) is 5.66. The molecule has 0 spiro atoms. The fourth-order valence-corrected chi connectivity index (χ4v) is 3.42. The smallest absolute Gasteiger partial charge is 0.344 e. The van der Waals surface area contributed by atoms with Gasteiger partial charge in [0.2, 0.25) is 5.91 Å². The van der Waals surface area contributed by atoms with Gasteiger partial charge < -0.3 is 19.5 Å². The largest absolute Gasteiger partial charge is 0.482 e. The van der Waals surface area contributed by atoms with Crippen LogP contribution < -0.4 is 14.8 Å². The first-order chi connectivity index (χ1) is 14.7. The van der Waals surface area contributed by atoms with E-state index in [4.69, 9.17) is 14.2 Å². The molecule has 1 amide bonds. The molecule has 1 aliphatic heterocycles. The highest BCUT2D eigenvalue weighted by Crippen LogP contribution is 2.44. The van der Waals surface area contributed by atoms with Gasteiger partial charge in [-0.25, -0.2) is 4.79 Å². The first-order valence-electron chi connectivity index (χ1n) is 9.70. The van der Waals surface area contributed by atoms with Crippen LogP contribution in [0.4, 0.5) is 5.69 Å². The second-order valence-electron chi connectivity index (χ2n) is 6.72.